The molecule has 0 saturated carbocycles. The number of hydrogen-bond acceptors (Lipinski definition) is 3. The Morgan fingerprint density at radius 1 is 1.35 bits per heavy atom. The number of nitrogens with two attached hydrogens (primary N) is 1. The van der Waals surface area contributed by atoms with Crippen LogP contribution in [0.25, 0.3) is 0 Å². The van der Waals surface area contributed by atoms with Gasteiger partial charge in [0.25, 0.3) is 0 Å². The van der Waals surface area contributed by atoms with E-state index in [2.05, 4.69) is 0 Å². The molecule has 1 rings (SSSR count). The molecule has 0 aromatic heterocycles. The lowest BCUT2D eigenvalue weighted by Gasteiger charge is -2.14. The van der Waals surface area contributed by atoms with Crippen LogP contribution in [-0.4, -0.2) is 18.3 Å². The molecule has 4 heteroatoms. The third kappa shape index (κ3) is 4.32. The second-order valence-corrected chi connectivity index (χ2v) is 4.07. The molecule has 0 heterocycles. The first-order chi connectivity index (χ1) is 8.16. The van der Waals surface area contributed by atoms with E-state index in [1.807, 2.05) is 0 Å². The molecule has 0 radical (unpaired) electrons. The predicted molar refractivity (Wildman–Crippen MR) is 65.4 cm³/mol. The van der Waals surface area contributed by atoms with Gasteiger partial charge in [-0.05, 0) is 38.3 Å². The SMILES string of the molecule is C[C@H](N)c1c(F)cccc1OCCCCCO. The zero-order valence-electron chi connectivity index (χ0n) is 10.2. The molecule has 0 unspecified atom stereocenters. The predicted octanol–water partition coefficient (Wildman–Crippen LogP) is 2.39. The molecule has 0 bridgehead atoms. The highest BCUT2D eigenvalue weighted by atomic mass is 19.1. The molecule has 1 aromatic rings. The summed E-state index contributed by atoms with van der Waals surface area (Å²) in [5, 5.41) is 8.63. The molecule has 0 aliphatic carbocycles. The summed E-state index contributed by atoms with van der Waals surface area (Å²) < 4.78 is 19.1. The Kier molecular flexibility index (Phi) is 5.94. The quantitative estimate of drug-likeness (QED) is 0.721. The van der Waals surface area contributed by atoms with E-state index in [0.717, 1.165) is 19.3 Å². The van der Waals surface area contributed by atoms with Crippen molar-refractivity contribution in [3.63, 3.8) is 0 Å². The summed E-state index contributed by atoms with van der Waals surface area (Å²) in [5.41, 5.74) is 6.14. The van der Waals surface area contributed by atoms with Gasteiger partial charge in [0.05, 0.1) is 6.61 Å². The lowest BCUT2D eigenvalue weighted by atomic mass is 10.1. The molecule has 1 aromatic carbocycles. The fraction of sp³-hybridized carbons (Fsp3) is 0.538. The first kappa shape index (κ1) is 13.9. The minimum atomic E-state index is -0.386. The monoisotopic (exact) mass is 241 g/mol. The van der Waals surface area contributed by atoms with Gasteiger partial charge >= 0.3 is 0 Å². The maximum Gasteiger partial charge on any atom is 0.131 e. The lowest BCUT2D eigenvalue weighted by molar-refractivity contribution is 0.264. The zero-order chi connectivity index (χ0) is 12.7. The highest BCUT2D eigenvalue weighted by Gasteiger charge is 2.13. The van der Waals surface area contributed by atoms with Crippen LogP contribution in [0, 0.1) is 5.82 Å². The van der Waals surface area contributed by atoms with E-state index < -0.39 is 0 Å². The second-order valence-electron chi connectivity index (χ2n) is 4.07. The number of aliphatic hydroxyl groups excluding tert-OH is 1. The van der Waals surface area contributed by atoms with Gasteiger partial charge in [0.2, 0.25) is 0 Å². The summed E-state index contributed by atoms with van der Waals surface area (Å²) in [6.45, 7) is 2.45. The summed E-state index contributed by atoms with van der Waals surface area (Å²) in [6, 6.07) is 4.35. The Bertz CT molecular complexity index is 342. The van der Waals surface area contributed by atoms with Gasteiger partial charge < -0.3 is 15.6 Å². The number of unbranched alkanes of at least 4 members (excludes halogenated alkanes) is 2. The fourth-order valence-electron chi connectivity index (χ4n) is 1.66. The number of halogens is 1. The van der Waals surface area contributed by atoms with Gasteiger partial charge in [-0.15, -0.1) is 0 Å². The molecular weight excluding hydrogens is 221 g/mol. The average Bonchev–Trinajstić information content (AvgIpc) is 2.28. The Hall–Kier alpha value is -1.13. The summed E-state index contributed by atoms with van der Waals surface area (Å²) in [7, 11) is 0. The highest BCUT2D eigenvalue weighted by Crippen LogP contribution is 2.26. The van der Waals surface area contributed by atoms with Gasteiger partial charge in [-0.1, -0.05) is 6.07 Å². The average molecular weight is 241 g/mol. The first-order valence-electron chi connectivity index (χ1n) is 5.94. The number of hydrogen-bond donors (Lipinski definition) is 2. The fourth-order valence-corrected chi connectivity index (χ4v) is 1.66. The first-order valence-corrected chi connectivity index (χ1v) is 5.94. The van der Waals surface area contributed by atoms with Gasteiger partial charge in [0.15, 0.2) is 0 Å². The van der Waals surface area contributed by atoms with Crippen LogP contribution >= 0.6 is 0 Å². The van der Waals surface area contributed by atoms with Crippen LogP contribution in [0.1, 0.15) is 37.8 Å². The third-order valence-corrected chi connectivity index (χ3v) is 2.53. The molecule has 3 N–H and O–H groups in total. The smallest absolute Gasteiger partial charge is 0.131 e. The van der Waals surface area contributed by atoms with E-state index in [0.29, 0.717) is 17.9 Å². The van der Waals surface area contributed by atoms with Crippen LogP contribution in [0.4, 0.5) is 4.39 Å². The van der Waals surface area contributed by atoms with Crippen LogP contribution in [-0.2, 0) is 0 Å². The van der Waals surface area contributed by atoms with E-state index in [9.17, 15) is 4.39 Å². The highest BCUT2D eigenvalue weighted by molar-refractivity contribution is 5.36. The Morgan fingerprint density at radius 2 is 2.12 bits per heavy atom. The van der Waals surface area contributed by atoms with Crippen LogP contribution in [0.2, 0.25) is 0 Å². The number of rotatable bonds is 7. The maximum atomic E-state index is 13.5. The molecule has 0 aliphatic rings. The van der Waals surface area contributed by atoms with Gasteiger partial charge in [0.1, 0.15) is 11.6 Å². The van der Waals surface area contributed by atoms with Gasteiger partial charge in [-0.25, -0.2) is 4.39 Å². The Morgan fingerprint density at radius 3 is 2.76 bits per heavy atom. The summed E-state index contributed by atoms with van der Waals surface area (Å²) >= 11 is 0. The largest absolute Gasteiger partial charge is 0.493 e. The van der Waals surface area contributed by atoms with Crippen molar-refractivity contribution in [2.75, 3.05) is 13.2 Å². The van der Waals surface area contributed by atoms with Crippen LogP contribution < -0.4 is 10.5 Å². The molecule has 3 nitrogen and oxygen atoms in total. The minimum Gasteiger partial charge on any atom is -0.493 e. The van der Waals surface area contributed by atoms with Gasteiger partial charge in [0, 0.05) is 18.2 Å². The molecule has 0 spiro atoms. The van der Waals surface area contributed by atoms with Crippen molar-refractivity contribution >= 4 is 0 Å². The van der Waals surface area contributed by atoms with Crippen molar-refractivity contribution in [1.82, 2.24) is 0 Å². The van der Waals surface area contributed by atoms with Crippen LogP contribution in [0.5, 0.6) is 5.75 Å². The van der Waals surface area contributed by atoms with Crippen molar-refractivity contribution in [2.24, 2.45) is 5.73 Å². The van der Waals surface area contributed by atoms with E-state index in [1.165, 1.54) is 6.07 Å². The molecule has 17 heavy (non-hydrogen) atoms. The summed E-state index contributed by atoms with van der Waals surface area (Å²) in [5.74, 6) is 0.192. The van der Waals surface area contributed by atoms with Gasteiger partial charge in [-0.2, -0.15) is 0 Å². The maximum absolute atomic E-state index is 13.5. The number of benzene rings is 1. The van der Waals surface area contributed by atoms with Crippen molar-refractivity contribution in [3.05, 3.63) is 29.6 Å². The Labute approximate surface area is 101 Å². The van der Waals surface area contributed by atoms with E-state index >= 15 is 0 Å². The minimum absolute atomic E-state index is 0.199. The van der Waals surface area contributed by atoms with Crippen molar-refractivity contribution in [2.45, 2.75) is 32.2 Å². The van der Waals surface area contributed by atoms with E-state index in [4.69, 9.17) is 15.6 Å². The second kappa shape index (κ2) is 7.25. The molecule has 96 valence electrons. The summed E-state index contributed by atoms with van der Waals surface area (Å²) in [4.78, 5) is 0. The molecule has 0 aliphatic heterocycles. The topological polar surface area (TPSA) is 55.5 Å². The van der Waals surface area contributed by atoms with E-state index in [1.54, 1.807) is 19.1 Å². The molecule has 0 saturated heterocycles. The van der Waals surface area contributed by atoms with Crippen LogP contribution in [0.15, 0.2) is 18.2 Å². The lowest BCUT2D eigenvalue weighted by Crippen LogP contribution is -2.11. The Balaban J connectivity index is 2.55. The third-order valence-electron chi connectivity index (χ3n) is 2.53. The van der Waals surface area contributed by atoms with Crippen LogP contribution in [0.3, 0.4) is 0 Å². The van der Waals surface area contributed by atoms with Crippen molar-refractivity contribution in [1.29, 1.82) is 0 Å². The van der Waals surface area contributed by atoms with Gasteiger partial charge in [-0.3, -0.25) is 0 Å². The summed E-state index contributed by atoms with van der Waals surface area (Å²) in [6.07, 6.45) is 2.52. The normalized spacial score (nSPS) is 12.5. The van der Waals surface area contributed by atoms with E-state index in [-0.39, 0.29) is 18.5 Å². The number of ether oxygens (including phenoxy) is 1. The molecule has 0 amide bonds. The van der Waals surface area contributed by atoms with Crippen molar-refractivity contribution < 1.29 is 14.2 Å². The number of aliphatic hydroxyl groups is 1. The molecular formula is C13H20FNO2. The van der Waals surface area contributed by atoms with Crippen molar-refractivity contribution in [3.8, 4) is 5.75 Å². The molecule has 1 atom stereocenters. The zero-order valence-corrected chi connectivity index (χ0v) is 10.2. The molecule has 0 fully saturated rings. The standard InChI is InChI=1S/C13H20FNO2/c1-10(15)13-11(14)6-5-7-12(13)17-9-4-2-3-8-16/h5-7,10,16H,2-4,8-9,15H2,1H3/t10-/m0/s1.